The molecule has 1 aromatic carbocycles. The lowest BCUT2D eigenvalue weighted by atomic mass is 9.84. The van der Waals surface area contributed by atoms with Gasteiger partial charge in [-0.05, 0) is 43.9 Å². The number of ether oxygens (including phenoxy) is 1. The number of carbonyl (C=O) groups is 1. The van der Waals surface area contributed by atoms with Gasteiger partial charge in [0.05, 0.1) is 13.2 Å². The Bertz CT molecular complexity index is 1040. The van der Waals surface area contributed by atoms with Crippen molar-refractivity contribution in [3.63, 3.8) is 0 Å². The fourth-order valence-electron chi connectivity index (χ4n) is 4.21. The molecule has 1 saturated carbocycles. The van der Waals surface area contributed by atoms with Gasteiger partial charge in [-0.15, -0.1) is 0 Å². The quantitative estimate of drug-likeness (QED) is 0.619. The Morgan fingerprint density at radius 2 is 2.00 bits per heavy atom. The van der Waals surface area contributed by atoms with E-state index in [1.54, 1.807) is 31.0 Å². The van der Waals surface area contributed by atoms with E-state index in [9.17, 15) is 18.3 Å². The molecule has 34 heavy (non-hydrogen) atoms. The molecule has 0 radical (unpaired) electrons. The first-order valence-corrected chi connectivity index (χ1v) is 13.7. The summed E-state index contributed by atoms with van der Waals surface area (Å²) in [6, 6.07) is 4.33. The number of hydrogen-bond acceptors (Lipinski definition) is 5. The smallest absolute Gasteiger partial charge is 0.247 e. The number of aliphatic hydroxyl groups is 1. The van der Waals surface area contributed by atoms with Crippen molar-refractivity contribution in [2.45, 2.75) is 70.4 Å². The van der Waals surface area contributed by atoms with Gasteiger partial charge in [-0.3, -0.25) is 4.79 Å². The van der Waals surface area contributed by atoms with Crippen LogP contribution in [0.25, 0.3) is 0 Å². The van der Waals surface area contributed by atoms with Crippen LogP contribution >= 0.6 is 0 Å². The van der Waals surface area contributed by atoms with E-state index < -0.39 is 22.2 Å². The van der Waals surface area contributed by atoms with E-state index in [0.717, 1.165) is 25.7 Å². The summed E-state index contributed by atoms with van der Waals surface area (Å²) in [6.07, 6.45) is 3.26. The molecule has 3 rings (SSSR count). The van der Waals surface area contributed by atoms with Crippen LogP contribution in [0.1, 0.15) is 58.9 Å². The average Bonchev–Trinajstić information content (AvgIpc) is 2.74. The van der Waals surface area contributed by atoms with Crippen LogP contribution in [-0.2, 0) is 14.8 Å². The number of aliphatic hydroxyl groups excluding tert-OH is 1. The fraction of sp³-hybridized carbons (Fsp3) is 0.654. The lowest BCUT2D eigenvalue weighted by molar-refractivity contribution is -0.138. The van der Waals surface area contributed by atoms with Crippen molar-refractivity contribution in [1.29, 1.82) is 0 Å². The molecule has 0 spiro atoms. The number of nitrogens with zero attached hydrogens (tertiary/aromatic N) is 2. The number of carbonyl (C=O) groups excluding carboxylic acids is 1. The Hall–Kier alpha value is -2.08. The van der Waals surface area contributed by atoms with Crippen molar-refractivity contribution in [2.24, 2.45) is 17.8 Å². The van der Waals surface area contributed by atoms with Crippen LogP contribution in [0.5, 0.6) is 5.75 Å². The van der Waals surface area contributed by atoms with Crippen LogP contribution < -0.4 is 4.74 Å². The number of benzene rings is 1. The van der Waals surface area contributed by atoms with Crippen molar-refractivity contribution < 1.29 is 23.1 Å². The summed E-state index contributed by atoms with van der Waals surface area (Å²) < 4.78 is 34.8. The molecule has 1 amide bonds. The summed E-state index contributed by atoms with van der Waals surface area (Å²) in [5, 5.41) is 9.77. The number of amides is 1. The number of hydrogen-bond donors (Lipinski definition) is 1. The summed E-state index contributed by atoms with van der Waals surface area (Å²) in [5.74, 6) is 6.92. The van der Waals surface area contributed by atoms with Gasteiger partial charge in [-0.2, -0.15) is 4.31 Å². The van der Waals surface area contributed by atoms with Gasteiger partial charge in [0, 0.05) is 43.5 Å². The minimum Gasteiger partial charge on any atom is -0.487 e. The molecule has 1 fully saturated rings. The van der Waals surface area contributed by atoms with Gasteiger partial charge < -0.3 is 14.7 Å². The van der Waals surface area contributed by atoms with E-state index in [1.807, 2.05) is 6.92 Å². The zero-order valence-electron chi connectivity index (χ0n) is 21.0. The van der Waals surface area contributed by atoms with Crippen LogP contribution in [0.4, 0.5) is 0 Å². The van der Waals surface area contributed by atoms with E-state index in [1.165, 1.54) is 10.4 Å². The van der Waals surface area contributed by atoms with Crippen molar-refractivity contribution >= 4 is 15.9 Å². The maximum atomic E-state index is 13.5. The third-order valence-corrected chi connectivity index (χ3v) is 8.71. The Morgan fingerprint density at radius 3 is 2.59 bits per heavy atom. The molecule has 7 nitrogen and oxygen atoms in total. The maximum absolute atomic E-state index is 13.5. The first-order chi connectivity index (χ1) is 16.0. The highest BCUT2D eigenvalue weighted by Crippen LogP contribution is 2.34. The van der Waals surface area contributed by atoms with Crippen LogP contribution in [0.15, 0.2) is 23.1 Å². The third-order valence-electron chi connectivity index (χ3n) is 6.69. The molecule has 188 valence electrons. The summed E-state index contributed by atoms with van der Waals surface area (Å²) >= 11 is 0. The van der Waals surface area contributed by atoms with Gasteiger partial charge in [-0.25, -0.2) is 8.42 Å². The lowest BCUT2D eigenvalue weighted by Gasteiger charge is -2.38. The first kappa shape index (κ1) is 26.5. The van der Waals surface area contributed by atoms with E-state index in [4.69, 9.17) is 4.74 Å². The zero-order chi connectivity index (χ0) is 25.0. The summed E-state index contributed by atoms with van der Waals surface area (Å²) in [7, 11) is -2.11. The number of likely N-dealkylation sites (N-methyl/N-ethyl adjacent to an activating group) is 1. The Kier molecular flexibility index (Phi) is 8.66. The molecular weight excluding hydrogens is 452 g/mol. The van der Waals surface area contributed by atoms with E-state index in [0.29, 0.717) is 18.0 Å². The van der Waals surface area contributed by atoms with E-state index in [2.05, 4.69) is 25.7 Å². The fourth-order valence-corrected chi connectivity index (χ4v) is 6.03. The average molecular weight is 491 g/mol. The van der Waals surface area contributed by atoms with Gasteiger partial charge in [0.2, 0.25) is 15.9 Å². The van der Waals surface area contributed by atoms with Crippen LogP contribution in [0, 0.1) is 29.6 Å². The second-order valence-corrected chi connectivity index (χ2v) is 12.0. The SMILES string of the molecule is CC(C)CC#Cc1ccc2c(c1)O[C@H](CN(C)C(=O)C1CCC1)[C@H](C)CN([C@@H](C)CO)S2(=O)=O. The molecule has 8 heteroatoms. The molecule has 0 unspecified atom stereocenters. The molecule has 0 bridgehead atoms. The molecule has 2 aliphatic rings. The molecule has 3 atom stereocenters. The van der Waals surface area contributed by atoms with Gasteiger partial charge in [0.1, 0.15) is 16.7 Å². The lowest BCUT2D eigenvalue weighted by Crippen LogP contribution is -2.50. The monoisotopic (exact) mass is 490 g/mol. The van der Waals surface area contributed by atoms with Gasteiger partial charge >= 0.3 is 0 Å². The predicted octanol–water partition coefficient (Wildman–Crippen LogP) is 3.11. The van der Waals surface area contributed by atoms with Crippen molar-refractivity contribution in [3.8, 4) is 17.6 Å². The molecule has 1 aliphatic carbocycles. The first-order valence-electron chi connectivity index (χ1n) is 12.2. The second-order valence-electron chi connectivity index (χ2n) is 10.1. The highest BCUT2D eigenvalue weighted by molar-refractivity contribution is 7.89. The van der Waals surface area contributed by atoms with E-state index >= 15 is 0 Å². The van der Waals surface area contributed by atoms with Crippen molar-refractivity contribution in [3.05, 3.63) is 23.8 Å². The highest BCUT2D eigenvalue weighted by atomic mass is 32.2. The second kappa shape index (κ2) is 11.1. The number of rotatable bonds is 6. The molecule has 1 aliphatic heterocycles. The number of fused-ring (bicyclic) bond motifs is 1. The summed E-state index contributed by atoms with van der Waals surface area (Å²) in [4.78, 5) is 14.5. The van der Waals surface area contributed by atoms with Crippen LogP contribution in [0.2, 0.25) is 0 Å². The normalized spacial score (nSPS) is 23.4. The minimum atomic E-state index is -3.89. The summed E-state index contributed by atoms with van der Waals surface area (Å²) in [5.41, 5.74) is 0.683. The highest BCUT2D eigenvalue weighted by Gasteiger charge is 2.39. The van der Waals surface area contributed by atoms with Gasteiger partial charge in [0.15, 0.2) is 0 Å². The minimum absolute atomic E-state index is 0.0621. The van der Waals surface area contributed by atoms with Gasteiger partial charge in [0.25, 0.3) is 0 Å². The Morgan fingerprint density at radius 1 is 1.29 bits per heavy atom. The summed E-state index contributed by atoms with van der Waals surface area (Å²) in [6.45, 7) is 8.07. The Balaban J connectivity index is 1.98. The molecule has 1 aromatic rings. The standard InChI is InChI=1S/C26H38N2O5S/c1-18(2)8-6-9-21-12-13-25-23(14-21)33-24(16-27(5)26(30)22-10-7-11-22)19(3)15-28(20(4)17-29)34(25,31)32/h12-14,18-20,22,24,29H,7-8,10-11,15-17H2,1-5H3/t19-,20+,24-/m1/s1. The molecule has 1 N–H and O–H groups in total. The van der Waals surface area contributed by atoms with E-state index in [-0.39, 0.29) is 41.5 Å². The molecule has 1 heterocycles. The molecule has 0 saturated heterocycles. The maximum Gasteiger partial charge on any atom is 0.247 e. The largest absolute Gasteiger partial charge is 0.487 e. The van der Waals surface area contributed by atoms with Crippen molar-refractivity contribution in [2.75, 3.05) is 26.7 Å². The third kappa shape index (κ3) is 5.94. The molecular formula is C26H38N2O5S. The zero-order valence-corrected chi connectivity index (χ0v) is 21.8. The van der Waals surface area contributed by atoms with Crippen LogP contribution in [-0.4, -0.2) is 67.5 Å². The van der Waals surface area contributed by atoms with Crippen molar-refractivity contribution in [1.82, 2.24) is 9.21 Å². The van der Waals surface area contributed by atoms with Gasteiger partial charge in [-0.1, -0.05) is 39.0 Å². The number of sulfonamides is 1. The Labute approximate surface area is 204 Å². The predicted molar refractivity (Wildman–Crippen MR) is 132 cm³/mol. The van der Waals surface area contributed by atoms with Crippen LogP contribution in [0.3, 0.4) is 0 Å². The molecule has 0 aromatic heterocycles. The topological polar surface area (TPSA) is 87.2 Å².